The van der Waals surface area contributed by atoms with Crippen LogP contribution < -0.4 is 5.32 Å². The van der Waals surface area contributed by atoms with Crippen LogP contribution in [0, 0.1) is 17.5 Å². The Morgan fingerprint density at radius 2 is 1.85 bits per heavy atom. The number of thiazole rings is 1. The van der Waals surface area contributed by atoms with Gasteiger partial charge in [0.25, 0.3) is 0 Å². The molecule has 0 aliphatic carbocycles. The van der Waals surface area contributed by atoms with Crippen molar-refractivity contribution in [3.05, 3.63) is 77.2 Å². The highest BCUT2D eigenvalue weighted by atomic mass is 32.1. The monoisotopic (exact) mass is 486 g/mol. The van der Waals surface area contributed by atoms with Gasteiger partial charge < -0.3 is 10.2 Å². The summed E-state index contributed by atoms with van der Waals surface area (Å²) in [5.41, 5.74) is 2.00. The molecule has 0 aliphatic rings. The largest absolute Gasteiger partial charge is 0.333 e. The van der Waals surface area contributed by atoms with E-state index < -0.39 is 29.0 Å². The third-order valence-corrected chi connectivity index (χ3v) is 6.06. The Hall–Kier alpha value is -3.66. The summed E-state index contributed by atoms with van der Waals surface area (Å²) in [4.78, 5) is 32.1. The van der Waals surface area contributed by atoms with Crippen LogP contribution in [-0.2, 0) is 16.0 Å². The number of aromatic nitrogens is 2. The van der Waals surface area contributed by atoms with Crippen LogP contribution in [0.25, 0.3) is 16.2 Å². The number of hydrogen-bond donors (Lipinski definition) is 1. The number of hydrogen-bond acceptors (Lipinski definition) is 4. The number of benzene rings is 2. The van der Waals surface area contributed by atoms with E-state index in [2.05, 4.69) is 10.3 Å². The molecule has 10 heteroatoms. The van der Waals surface area contributed by atoms with E-state index in [-0.39, 0.29) is 18.9 Å². The molecule has 0 saturated heterocycles. The summed E-state index contributed by atoms with van der Waals surface area (Å²) in [7, 11) is 0. The number of nitrogens with one attached hydrogen (secondary N) is 1. The van der Waals surface area contributed by atoms with E-state index in [4.69, 9.17) is 0 Å². The average molecular weight is 487 g/mol. The SMILES string of the molecule is CCCN(CC(=O)Nc1ccc(F)c(F)c1F)C(=O)Cc1csc2nc(-c3ccccc3)cn12. The molecule has 0 bridgehead atoms. The van der Waals surface area contributed by atoms with Gasteiger partial charge in [-0.15, -0.1) is 11.3 Å². The van der Waals surface area contributed by atoms with Crippen molar-refractivity contribution in [2.24, 2.45) is 0 Å². The van der Waals surface area contributed by atoms with Crippen molar-refractivity contribution in [3.8, 4) is 11.3 Å². The van der Waals surface area contributed by atoms with E-state index >= 15 is 0 Å². The van der Waals surface area contributed by atoms with E-state index in [9.17, 15) is 22.8 Å². The molecule has 2 heterocycles. The highest BCUT2D eigenvalue weighted by Gasteiger charge is 2.21. The highest BCUT2D eigenvalue weighted by molar-refractivity contribution is 7.15. The number of imidazole rings is 1. The summed E-state index contributed by atoms with van der Waals surface area (Å²) in [6, 6.07) is 11.3. The topological polar surface area (TPSA) is 66.7 Å². The van der Waals surface area contributed by atoms with Crippen LogP contribution >= 0.6 is 11.3 Å². The van der Waals surface area contributed by atoms with Crippen molar-refractivity contribution in [1.29, 1.82) is 0 Å². The number of carbonyl (C=O) groups is 2. The molecule has 0 spiro atoms. The Morgan fingerprint density at radius 3 is 2.59 bits per heavy atom. The first-order valence-electron chi connectivity index (χ1n) is 10.6. The zero-order chi connectivity index (χ0) is 24.2. The van der Waals surface area contributed by atoms with Gasteiger partial charge in [0.2, 0.25) is 11.8 Å². The van der Waals surface area contributed by atoms with E-state index in [1.54, 1.807) is 0 Å². The molecule has 34 heavy (non-hydrogen) atoms. The van der Waals surface area contributed by atoms with Crippen molar-refractivity contribution in [2.45, 2.75) is 19.8 Å². The van der Waals surface area contributed by atoms with E-state index in [0.717, 1.165) is 34.0 Å². The fourth-order valence-electron chi connectivity index (χ4n) is 3.52. The number of anilines is 1. The molecular weight excluding hydrogens is 465 g/mol. The number of rotatable bonds is 8. The molecule has 0 fully saturated rings. The molecule has 1 N–H and O–H groups in total. The molecule has 0 atom stereocenters. The molecular formula is C24H21F3N4O2S. The van der Waals surface area contributed by atoms with Crippen LogP contribution in [0.1, 0.15) is 19.0 Å². The molecule has 0 radical (unpaired) electrons. The Bertz CT molecular complexity index is 1340. The highest BCUT2D eigenvalue weighted by Crippen LogP contribution is 2.24. The van der Waals surface area contributed by atoms with Crippen LogP contribution in [-0.4, -0.2) is 39.2 Å². The minimum absolute atomic E-state index is 0.0391. The van der Waals surface area contributed by atoms with Crippen molar-refractivity contribution in [1.82, 2.24) is 14.3 Å². The van der Waals surface area contributed by atoms with Gasteiger partial charge in [-0.1, -0.05) is 37.3 Å². The molecule has 6 nitrogen and oxygen atoms in total. The lowest BCUT2D eigenvalue weighted by molar-refractivity contribution is -0.134. The molecule has 2 amide bonds. The van der Waals surface area contributed by atoms with Gasteiger partial charge in [-0.3, -0.25) is 14.0 Å². The fourth-order valence-corrected chi connectivity index (χ4v) is 4.39. The number of carbonyl (C=O) groups excluding carboxylic acids is 2. The van der Waals surface area contributed by atoms with Gasteiger partial charge >= 0.3 is 0 Å². The van der Waals surface area contributed by atoms with E-state index in [1.165, 1.54) is 16.2 Å². The standard InChI is InChI=1S/C24H21F3N4O2S/c1-2-10-30(13-20(32)28-18-9-8-17(25)22(26)23(18)27)21(33)11-16-14-34-24-29-19(12-31(16)24)15-6-4-3-5-7-15/h3-9,12,14H,2,10-11,13H2,1H3,(H,28,32). The van der Waals surface area contributed by atoms with Gasteiger partial charge in [0.05, 0.1) is 24.3 Å². The maximum atomic E-state index is 13.9. The van der Waals surface area contributed by atoms with Gasteiger partial charge in [0.15, 0.2) is 22.4 Å². The quantitative estimate of drug-likeness (QED) is 0.360. The Morgan fingerprint density at radius 1 is 1.09 bits per heavy atom. The number of amides is 2. The van der Waals surface area contributed by atoms with E-state index in [1.807, 2.05) is 53.2 Å². The lowest BCUT2D eigenvalue weighted by Crippen LogP contribution is -2.39. The first-order chi connectivity index (χ1) is 16.4. The molecule has 2 aromatic carbocycles. The normalized spacial score (nSPS) is 11.1. The van der Waals surface area contributed by atoms with Gasteiger partial charge in [-0.25, -0.2) is 18.2 Å². The minimum atomic E-state index is -1.67. The first kappa shape index (κ1) is 23.5. The predicted octanol–water partition coefficient (Wildman–Crippen LogP) is 4.90. The molecule has 2 aromatic heterocycles. The fraction of sp³-hybridized carbons (Fsp3) is 0.208. The van der Waals surface area contributed by atoms with E-state index in [0.29, 0.717) is 13.0 Å². The van der Waals surface area contributed by atoms with Gasteiger partial charge in [0.1, 0.15) is 0 Å². The molecule has 176 valence electrons. The third kappa shape index (κ3) is 4.96. The summed E-state index contributed by atoms with van der Waals surface area (Å²) < 4.78 is 42.3. The summed E-state index contributed by atoms with van der Waals surface area (Å²) in [5, 5.41) is 4.05. The third-order valence-electron chi connectivity index (χ3n) is 5.18. The minimum Gasteiger partial charge on any atom is -0.333 e. The average Bonchev–Trinajstić information content (AvgIpc) is 3.42. The smallest absolute Gasteiger partial charge is 0.244 e. The number of fused-ring (bicyclic) bond motifs is 1. The van der Waals surface area contributed by atoms with Crippen molar-refractivity contribution in [2.75, 3.05) is 18.4 Å². The predicted molar refractivity (Wildman–Crippen MR) is 124 cm³/mol. The second-order valence-electron chi connectivity index (χ2n) is 7.63. The number of nitrogens with zero attached hydrogens (tertiary/aromatic N) is 3. The molecule has 0 aliphatic heterocycles. The second kappa shape index (κ2) is 10.1. The zero-order valence-corrected chi connectivity index (χ0v) is 19.0. The molecule has 0 saturated carbocycles. The van der Waals surface area contributed by atoms with Gasteiger partial charge in [-0.05, 0) is 18.6 Å². The van der Waals surface area contributed by atoms with Crippen LogP contribution in [0.2, 0.25) is 0 Å². The molecule has 4 aromatic rings. The Balaban J connectivity index is 1.47. The lowest BCUT2D eigenvalue weighted by atomic mass is 10.2. The van der Waals surface area contributed by atoms with Crippen molar-refractivity contribution in [3.63, 3.8) is 0 Å². The van der Waals surface area contributed by atoms with Crippen molar-refractivity contribution >= 4 is 33.8 Å². The lowest BCUT2D eigenvalue weighted by Gasteiger charge is -2.21. The van der Waals surface area contributed by atoms with Crippen molar-refractivity contribution < 1.29 is 22.8 Å². The number of halogens is 3. The summed E-state index contributed by atoms with van der Waals surface area (Å²) >= 11 is 1.41. The maximum Gasteiger partial charge on any atom is 0.244 e. The van der Waals surface area contributed by atoms with Crippen LogP contribution in [0.3, 0.4) is 0 Å². The first-order valence-corrected chi connectivity index (χ1v) is 11.5. The molecule has 0 unspecified atom stereocenters. The summed E-state index contributed by atoms with van der Waals surface area (Å²) in [6.45, 7) is 1.81. The molecule has 4 rings (SSSR count). The van der Waals surface area contributed by atoms with Crippen LogP contribution in [0.4, 0.5) is 18.9 Å². The zero-order valence-electron chi connectivity index (χ0n) is 18.2. The summed E-state index contributed by atoms with van der Waals surface area (Å²) in [5.74, 6) is -5.52. The van der Waals surface area contributed by atoms with Crippen LogP contribution in [0.15, 0.2) is 54.0 Å². The second-order valence-corrected chi connectivity index (χ2v) is 8.47. The van der Waals surface area contributed by atoms with Crippen LogP contribution in [0.5, 0.6) is 0 Å². The summed E-state index contributed by atoms with van der Waals surface area (Å²) in [6.07, 6.45) is 2.50. The Kier molecular flexibility index (Phi) is 6.97. The maximum absolute atomic E-state index is 13.9. The van der Waals surface area contributed by atoms with Gasteiger partial charge in [-0.2, -0.15) is 0 Å². The van der Waals surface area contributed by atoms with Gasteiger partial charge in [0, 0.05) is 29.4 Å². The Labute approximate surface area is 197 Å².